The van der Waals surface area contributed by atoms with Crippen molar-refractivity contribution in [2.24, 2.45) is 0 Å². The molecule has 0 spiro atoms. The normalized spacial score (nSPS) is 11.6. The van der Waals surface area contributed by atoms with Gasteiger partial charge in [0.1, 0.15) is 11.3 Å². The molecule has 0 fully saturated rings. The average Bonchev–Trinajstić information content (AvgIpc) is 2.52. The smallest absolute Gasteiger partial charge is 0.342 e. The Kier molecular flexibility index (Phi) is 5.52. The van der Waals surface area contributed by atoms with Crippen LogP contribution in [0.5, 0.6) is 0 Å². The highest BCUT2D eigenvalue weighted by Crippen LogP contribution is 2.13. The van der Waals surface area contributed by atoms with Crippen molar-refractivity contribution < 1.29 is 18.7 Å². The maximum absolute atomic E-state index is 12.2. The second-order valence-corrected chi connectivity index (χ2v) is 5.43. The van der Waals surface area contributed by atoms with E-state index in [1.165, 1.54) is 19.9 Å². The first kappa shape index (κ1) is 17.5. The summed E-state index contributed by atoms with van der Waals surface area (Å²) in [6, 6.07) is 10.6. The van der Waals surface area contributed by atoms with Crippen molar-refractivity contribution in [3.8, 4) is 0 Å². The van der Waals surface area contributed by atoms with Crippen molar-refractivity contribution in [3.63, 3.8) is 0 Å². The predicted octanol–water partition coefficient (Wildman–Crippen LogP) is 2.12. The molecule has 2 rings (SSSR count). The van der Waals surface area contributed by atoms with E-state index in [2.05, 4.69) is 5.32 Å². The Balaban J connectivity index is 1.98. The fraction of sp³-hybridized carbons (Fsp3) is 0.278. The molecule has 1 heterocycles. The quantitative estimate of drug-likeness (QED) is 0.849. The molecule has 1 amide bonds. The lowest BCUT2D eigenvalue weighted by molar-refractivity contribution is -0.129. The Labute approximate surface area is 139 Å². The van der Waals surface area contributed by atoms with Gasteiger partial charge in [0.05, 0.1) is 0 Å². The van der Waals surface area contributed by atoms with Crippen LogP contribution in [-0.4, -0.2) is 18.0 Å². The third kappa shape index (κ3) is 4.32. The van der Waals surface area contributed by atoms with E-state index >= 15 is 0 Å². The molecule has 1 unspecified atom stereocenters. The molecule has 24 heavy (non-hydrogen) atoms. The zero-order valence-corrected chi connectivity index (χ0v) is 13.8. The van der Waals surface area contributed by atoms with Crippen LogP contribution in [0.4, 0.5) is 0 Å². The summed E-state index contributed by atoms with van der Waals surface area (Å²) in [6.07, 6.45) is -0.966. The molecule has 1 aromatic heterocycles. The summed E-state index contributed by atoms with van der Waals surface area (Å²) in [4.78, 5) is 35.5. The summed E-state index contributed by atoms with van der Waals surface area (Å²) < 4.78 is 10.1. The first-order valence-electron chi connectivity index (χ1n) is 7.52. The molecule has 2 aromatic rings. The van der Waals surface area contributed by atoms with E-state index in [1.807, 2.05) is 30.3 Å². The van der Waals surface area contributed by atoms with E-state index in [9.17, 15) is 14.4 Å². The largest absolute Gasteiger partial charge is 0.449 e. The predicted molar refractivity (Wildman–Crippen MR) is 87.6 cm³/mol. The van der Waals surface area contributed by atoms with Gasteiger partial charge in [0, 0.05) is 12.6 Å². The Bertz CT molecular complexity index is 769. The molecule has 126 valence electrons. The van der Waals surface area contributed by atoms with Crippen LogP contribution in [0.3, 0.4) is 0 Å². The monoisotopic (exact) mass is 329 g/mol. The second-order valence-electron chi connectivity index (χ2n) is 5.43. The topological polar surface area (TPSA) is 85.6 Å². The maximum atomic E-state index is 12.2. The summed E-state index contributed by atoms with van der Waals surface area (Å²) >= 11 is 0. The van der Waals surface area contributed by atoms with E-state index < -0.39 is 23.6 Å². The SMILES string of the molecule is Cc1cc(=O)oc(C)c1C(=O)OC(C)C(=O)NCc1ccccc1. The lowest BCUT2D eigenvalue weighted by Gasteiger charge is -2.15. The third-order valence-corrected chi connectivity index (χ3v) is 3.50. The first-order chi connectivity index (χ1) is 11.4. The number of ether oxygens (including phenoxy) is 1. The summed E-state index contributed by atoms with van der Waals surface area (Å²) in [7, 11) is 0. The zero-order valence-electron chi connectivity index (χ0n) is 13.8. The summed E-state index contributed by atoms with van der Waals surface area (Å²) in [5, 5.41) is 2.70. The molecule has 0 aliphatic heterocycles. The van der Waals surface area contributed by atoms with Crippen LogP contribution in [0.25, 0.3) is 0 Å². The van der Waals surface area contributed by atoms with E-state index in [0.717, 1.165) is 5.56 Å². The second kappa shape index (κ2) is 7.59. The van der Waals surface area contributed by atoms with Gasteiger partial charge in [-0.1, -0.05) is 30.3 Å². The molecule has 0 aliphatic rings. The number of aryl methyl sites for hydroxylation is 2. The van der Waals surface area contributed by atoms with Crippen LogP contribution in [0, 0.1) is 13.8 Å². The molecule has 1 N–H and O–H groups in total. The van der Waals surface area contributed by atoms with Crippen LogP contribution in [0.2, 0.25) is 0 Å². The van der Waals surface area contributed by atoms with Gasteiger partial charge >= 0.3 is 11.6 Å². The number of esters is 1. The molecule has 0 aliphatic carbocycles. The minimum absolute atomic E-state index is 0.164. The Morgan fingerprint density at radius 3 is 2.50 bits per heavy atom. The van der Waals surface area contributed by atoms with E-state index in [0.29, 0.717) is 12.1 Å². The number of carbonyl (C=O) groups is 2. The molecule has 1 aromatic carbocycles. The maximum Gasteiger partial charge on any atom is 0.342 e. The van der Waals surface area contributed by atoms with Crippen LogP contribution >= 0.6 is 0 Å². The lowest BCUT2D eigenvalue weighted by Crippen LogP contribution is -2.35. The van der Waals surface area contributed by atoms with Crippen LogP contribution in [-0.2, 0) is 16.1 Å². The molecule has 0 radical (unpaired) electrons. The standard InChI is InChI=1S/C18H19NO5/c1-11-9-15(20)23-12(2)16(11)18(22)24-13(3)17(21)19-10-14-7-5-4-6-8-14/h4-9,13H,10H2,1-3H3,(H,19,21). The molecule has 0 saturated carbocycles. The fourth-order valence-electron chi connectivity index (χ4n) is 2.26. The van der Waals surface area contributed by atoms with Crippen molar-refractivity contribution >= 4 is 11.9 Å². The molecule has 0 saturated heterocycles. The zero-order chi connectivity index (χ0) is 17.7. The highest BCUT2D eigenvalue weighted by Gasteiger charge is 2.22. The van der Waals surface area contributed by atoms with Gasteiger partial charge in [-0.3, -0.25) is 4.79 Å². The first-order valence-corrected chi connectivity index (χ1v) is 7.52. The Morgan fingerprint density at radius 2 is 1.88 bits per heavy atom. The molecule has 6 heteroatoms. The lowest BCUT2D eigenvalue weighted by atomic mass is 10.1. The van der Waals surface area contributed by atoms with Gasteiger partial charge in [-0.15, -0.1) is 0 Å². The third-order valence-electron chi connectivity index (χ3n) is 3.50. The van der Waals surface area contributed by atoms with Crippen LogP contribution in [0.15, 0.2) is 45.6 Å². The number of hydrogen-bond donors (Lipinski definition) is 1. The van der Waals surface area contributed by atoms with Gasteiger partial charge in [-0.2, -0.15) is 0 Å². The van der Waals surface area contributed by atoms with E-state index in [-0.39, 0.29) is 11.3 Å². The van der Waals surface area contributed by atoms with E-state index in [4.69, 9.17) is 9.15 Å². The van der Waals surface area contributed by atoms with Crippen molar-refractivity contribution in [2.75, 3.05) is 0 Å². The average molecular weight is 329 g/mol. The minimum Gasteiger partial charge on any atom is -0.449 e. The molecular weight excluding hydrogens is 310 g/mol. The number of hydrogen-bond acceptors (Lipinski definition) is 5. The minimum atomic E-state index is -0.966. The van der Waals surface area contributed by atoms with Crippen LogP contribution in [0.1, 0.15) is 34.2 Å². The van der Waals surface area contributed by atoms with Gasteiger partial charge in [-0.05, 0) is 31.9 Å². The fourth-order valence-corrected chi connectivity index (χ4v) is 2.26. The molecule has 1 atom stereocenters. The molecule has 0 bridgehead atoms. The molecular formula is C18H19NO5. The highest BCUT2D eigenvalue weighted by atomic mass is 16.5. The van der Waals surface area contributed by atoms with Gasteiger partial charge < -0.3 is 14.5 Å². The number of nitrogens with one attached hydrogen (secondary N) is 1. The summed E-state index contributed by atoms with van der Waals surface area (Å²) in [5.41, 5.74) is 1.03. The van der Waals surface area contributed by atoms with Gasteiger partial charge in [-0.25, -0.2) is 9.59 Å². The van der Waals surface area contributed by atoms with Gasteiger partial charge in [0.2, 0.25) is 0 Å². The summed E-state index contributed by atoms with van der Waals surface area (Å²) in [6.45, 7) is 4.95. The number of rotatable bonds is 5. The number of benzene rings is 1. The Hall–Kier alpha value is -2.89. The summed E-state index contributed by atoms with van der Waals surface area (Å²) in [5.74, 6) is -0.933. The number of amides is 1. The Morgan fingerprint density at radius 1 is 1.21 bits per heavy atom. The number of carbonyl (C=O) groups excluding carboxylic acids is 2. The van der Waals surface area contributed by atoms with Gasteiger partial charge in [0.15, 0.2) is 6.10 Å². The van der Waals surface area contributed by atoms with Gasteiger partial charge in [0.25, 0.3) is 5.91 Å². The van der Waals surface area contributed by atoms with Crippen molar-refractivity contribution in [1.29, 1.82) is 0 Å². The highest BCUT2D eigenvalue weighted by molar-refractivity contribution is 5.94. The van der Waals surface area contributed by atoms with Crippen LogP contribution < -0.4 is 10.9 Å². The molecule has 6 nitrogen and oxygen atoms in total. The van der Waals surface area contributed by atoms with Crippen molar-refractivity contribution in [1.82, 2.24) is 5.32 Å². The van der Waals surface area contributed by atoms with Crippen molar-refractivity contribution in [3.05, 3.63) is 69.3 Å². The van der Waals surface area contributed by atoms with Crippen molar-refractivity contribution in [2.45, 2.75) is 33.4 Å². The van der Waals surface area contributed by atoms with E-state index in [1.54, 1.807) is 6.92 Å².